The fourth-order valence-electron chi connectivity index (χ4n) is 3.21. The van der Waals surface area contributed by atoms with Gasteiger partial charge < -0.3 is 20.7 Å². The van der Waals surface area contributed by atoms with Gasteiger partial charge in [-0.15, -0.1) is 11.3 Å². The lowest BCUT2D eigenvalue weighted by Gasteiger charge is -2.27. The number of carbonyl (C=O) groups is 1. The number of carboxylic acid groups (broad SMARTS) is 1. The average Bonchev–Trinajstić information content (AvgIpc) is 3.23. The van der Waals surface area contributed by atoms with E-state index in [1.165, 1.54) is 23.5 Å². The quantitative estimate of drug-likeness (QED) is 0.365. The number of thiazole rings is 1. The maximum atomic E-state index is 12.0. The van der Waals surface area contributed by atoms with Crippen molar-refractivity contribution in [2.75, 3.05) is 0 Å². The van der Waals surface area contributed by atoms with E-state index in [0.717, 1.165) is 0 Å². The summed E-state index contributed by atoms with van der Waals surface area (Å²) < 4.78 is 0. The minimum absolute atomic E-state index is 0.0347. The molecule has 9 heteroatoms. The first-order chi connectivity index (χ1) is 14.8. The van der Waals surface area contributed by atoms with Gasteiger partial charge in [-0.25, -0.2) is 9.78 Å². The summed E-state index contributed by atoms with van der Waals surface area (Å²) in [6.45, 7) is 0. The normalized spacial score (nSPS) is 11.1. The zero-order valence-corrected chi connectivity index (χ0v) is 18.0. The van der Waals surface area contributed by atoms with Gasteiger partial charge >= 0.3 is 5.97 Å². The van der Waals surface area contributed by atoms with Crippen LogP contribution < -0.4 is 5.23 Å². The Morgan fingerprint density at radius 3 is 2.42 bits per heavy atom. The molecule has 0 aliphatic carbocycles. The van der Waals surface area contributed by atoms with E-state index in [4.69, 9.17) is 23.2 Å². The lowest BCUT2D eigenvalue weighted by Crippen LogP contribution is -2.96. The SMILES string of the molecule is O=C(O)c1cc(-c2nc(-c3ccc(Cl)cc3Cl)cs2)ccc1-c1ccccc1[NH+]([O-])[O-]. The highest BCUT2D eigenvalue weighted by Gasteiger charge is 2.18. The number of quaternary nitrogens is 1. The molecule has 0 saturated carbocycles. The number of halogens is 2. The van der Waals surface area contributed by atoms with Gasteiger partial charge in [0.25, 0.3) is 0 Å². The molecule has 6 nitrogen and oxygen atoms in total. The fraction of sp³-hybridized carbons (Fsp3) is 0. The molecule has 0 bridgehead atoms. The standard InChI is InChI=1S/C22H13Cl2N2O4S/c23-13-6-8-16(18(24)10-13)19-11-31-21(25-19)12-5-7-14(17(9-12)22(27)28)15-3-1-2-4-20(15)26(29)30/h1-11,26H,(H,27,28)/q-1. The zero-order valence-electron chi connectivity index (χ0n) is 15.6. The molecular weight excluding hydrogens is 459 g/mol. The van der Waals surface area contributed by atoms with Gasteiger partial charge in [0.15, 0.2) is 0 Å². The molecule has 0 amide bonds. The summed E-state index contributed by atoms with van der Waals surface area (Å²) in [6, 6.07) is 16.0. The Morgan fingerprint density at radius 2 is 1.71 bits per heavy atom. The average molecular weight is 472 g/mol. The molecule has 0 saturated heterocycles. The Hall–Kier alpha value is -2.78. The van der Waals surface area contributed by atoms with E-state index in [1.807, 2.05) is 5.38 Å². The van der Waals surface area contributed by atoms with Crippen LogP contribution in [0, 0.1) is 10.4 Å². The Balaban J connectivity index is 1.78. The number of benzene rings is 3. The Kier molecular flexibility index (Phi) is 6.06. The van der Waals surface area contributed by atoms with E-state index in [1.54, 1.807) is 48.5 Å². The van der Waals surface area contributed by atoms with E-state index in [9.17, 15) is 20.3 Å². The first-order valence-corrected chi connectivity index (χ1v) is 10.6. The molecule has 0 aliphatic rings. The molecule has 1 aromatic heterocycles. The lowest BCUT2D eigenvalue weighted by atomic mass is 9.96. The molecule has 2 N–H and O–H groups in total. The van der Waals surface area contributed by atoms with Crippen molar-refractivity contribution in [3.8, 4) is 33.0 Å². The number of nitrogens with zero attached hydrogens (tertiary/aromatic N) is 1. The molecule has 0 aliphatic heterocycles. The summed E-state index contributed by atoms with van der Waals surface area (Å²) in [7, 11) is 0. The fourth-order valence-corrected chi connectivity index (χ4v) is 4.53. The van der Waals surface area contributed by atoms with Crippen LogP contribution in [0.15, 0.2) is 66.0 Å². The molecule has 0 atom stereocenters. The minimum Gasteiger partial charge on any atom is -0.628 e. The van der Waals surface area contributed by atoms with Crippen molar-refractivity contribution < 1.29 is 15.1 Å². The predicted molar refractivity (Wildman–Crippen MR) is 123 cm³/mol. The van der Waals surface area contributed by atoms with Crippen LogP contribution in [0.1, 0.15) is 10.4 Å². The highest BCUT2D eigenvalue weighted by Crippen LogP contribution is 2.36. The van der Waals surface area contributed by atoms with Gasteiger partial charge in [-0.05, 0) is 30.3 Å². The van der Waals surface area contributed by atoms with Gasteiger partial charge in [-0.3, -0.25) is 0 Å². The topological polar surface area (TPSA) is 101 Å². The van der Waals surface area contributed by atoms with Crippen LogP contribution in [0.25, 0.3) is 33.0 Å². The summed E-state index contributed by atoms with van der Waals surface area (Å²) >= 11 is 13.6. The van der Waals surface area contributed by atoms with Crippen molar-refractivity contribution in [1.29, 1.82) is 0 Å². The number of nitrogens with one attached hydrogen (secondary N) is 1. The second-order valence-corrected chi connectivity index (χ2v) is 8.26. The molecule has 156 valence electrons. The summed E-state index contributed by atoms with van der Waals surface area (Å²) in [5.74, 6) is -1.18. The molecule has 1 heterocycles. The molecule has 0 unspecified atom stereocenters. The molecule has 0 radical (unpaired) electrons. The molecule has 31 heavy (non-hydrogen) atoms. The van der Waals surface area contributed by atoms with Gasteiger partial charge in [0.1, 0.15) is 10.7 Å². The van der Waals surface area contributed by atoms with Crippen LogP contribution in [0.4, 0.5) is 5.69 Å². The van der Waals surface area contributed by atoms with Crippen LogP contribution in [0.2, 0.25) is 10.0 Å². The Morgan fingerprint density at radius 1 is 0.968 bits per heavy atom. The number of carboxylic acids is 1. The Bertz CT molecular complexity index is 1290. The van der Waals surface area contributed by atoms with Crippen LogP contribution in [0.3, 0.4) is 0 Å². The molecule has 4 aromatic rings. The number of rotatable bonds is 5. The number of aromatic carboxylic acids is 1. The van der Waals surface area contributed by atoms with E-state index >= 15 is 0 Å². The van der Waals surface area contributed by atoms with Crippen LogP contribution in [-0.4, -0.2) is 16.1 Å². The Labute approximate surface area is 191 Å². The monoisotopic (exact) mass is 471 g/mol. The maximum Gasteiger partial charge on any atom is 0.336 e. The third kappa shape index (κ3) is 4.33. The van der Waals surface area contributed by atoms with E-state index in [0.29, 0.717) is 31.9 Å². The minimum atomic E-state index is -1.37. The van der Waals surface area contributed by atoms with E-state index in [-0.39, 0.29) is 22.4 Å². The predicted octanol–water partition coefficient (Wildman–Crippen LogP) is 5.66. The summed E-state index contributed by atoms with van der Waals surface area (Å²) in [5.41, 5.74) is 2.40. The second kappa shape index (κ2) is 8.76. The number of aromatic nitrogens is 1. The van der Waals surface area contributed by atoms with Crippen LogP contribution in [0.5, 0.6) is 0 Å². The van der Waals surface area contributed by atoms with Gasteiger partial charge in [0, 0.05) is 38.7 Å². The van der Waals surface area contributed by atoms with Gasteiger partial charge in [-0.1, -0.05) is 47.5 Å². The highest BCUT2D eigenvalue weighted by atomic mass is 35.5. The smallest absolute Gasteiger partial charge is 0.336 e. The van der Waals surface area contributed by atoms with Crippen molar-refractivity contribution >= 4 is 46.2 Å². The van der Waals surface area contributed by atoms with Crippen LogP contribution in [-0.2, 0) is 0 Å². The molecule has 0 spiro atoms. The summed E-state index contributed by atoms with van der Waals surface area (Å²) in [5, 5.41) is 34.7. The van der Waals surface area contributed by atoms with Crippen molar-refractivity contribution in [3.05, 3.63) is 92.1 Å². The largest absolute Gasteiger partial charge is 0.628 e. The molecule has 0 fully saturated rings. The van der Waals surface area contributed by atoms with Crippen LogP contribution >= 0.6 is 34.5 Å². The van der Waals surface area contributed by atoms with Crippen molar-refractivity contribution in [2.45, 2.75) is 0 Å². The first-order valence-electron chi connectivity index (χ1n) is 8.94. The third-order valence-corrected chi connectivity index (χ3v) is 6.08. The number of hydrogen-bond donors (Lipinski definition) is 2. The van der Waals surface area contributed by atoms with Crippen molar-refractivity contribution in [3.63, 3.8) is 0 Å². The maximum absolute atomic E-state index is 12.0. The second-order valence-electron chi connectivity index (χ2n) is 6.56. The van der Waals surface area contributed by atoms with Crippen molar-refractivity contribution in [2.24, 2.45) is 0 Å². The highest BCUT2D eigenvalue weighted by molar-refractivity contribution is 7.13. The lowest BCUT2D eigenvalue weighted by molar-refractivity contribution is -0.714. The van der Waals surface area contributed by atoms with Gasteiger partial charge in [0.2, 0.25) is 0 Å². The molecule has 3 aromatic carbocycles. The van der Waals surface area contributed by atoms with Gasteiger partial charge in [0.05, 0.1) is 16.3 Å². The zero-order chi connectivity index (χ0) is 22.1. The summed E-state index contributed by atoms with van der Waals surface area (Å²) in [4.78, 5) is 16.5. The van der Waals surface area contributed by atoms with Gasteiger partial charge in [-0.2, -0.15) is 0 Å². The summed E-state index contributed by atoms with van der Waals surface area (Å²) in [6.07, 6.45) is 0. The molecule has 4 rings (SSSR count). The van der Waals surface area contributed by atoms with E-state index < -0.39 is 11.2 Å². The van der Waals surface area contributed by atoms with Crippen molar-refractivity contribution in [1.82, 2.24) is 4.98 Å². The first kappa shape index (κ1) is 21.5. The molecular formula is C22H13Cl2N2O4S-. The number of hydrogen-bond acceptors (Lipinski definition) is 5. The third-order valence-electron chi connectivity index (χ3n) is 4.65. The van der Waals surface area contributed by atoms with E-state index in [2.05, 4.69) is 4.98 Å².